The number of carbonyl (C=O) groups excluding carboxylic acids is 4. The molecule has 0 aromatic heterocycles. The Kier molecular flexibility index (Phi) is 8.89. The fourth-order valence-electron chi connectivity index (χ4n) is 3.11. The fourth-order valence-corrected chi connectivity index (χ4v) is 3.11. The zero-order chi connectivity index (χ0) is 22.8. The molecule has 10 nitrogen and oxygen atoms in total. The van der Waals surface area contributed by atoms with Gasteiger partial charge in [0.25, 0.3) is 11.8 Å². The van der Waals surface area contributed by atoms with Gasteiger partial charge >= 0.3 is 5.97 Å². The van der Waals surface area contributed by atoms with E-state index in [1.54, 1.807) is 24.3 Å². The van der Waals surface area contributed by atoms with E-state index in [9.17, 15) is 29.1 Å². The summed E-state index contributed by atoms with van der Waals surface area (Å²) in [6.45, 7) is -0.127. The maximum atomic E-state index is 12.7. The number of imide groups is 1. The van der Waals surface area contributed by atoms with Crippen LogP contribution in [-0.4, -0.2) is 64.8 Å². The van der Waals surface area contributed by atoms with Crippen LogP contribution in [0.4, 0.5) is 0 Å². The highest BCUT2D eigenvalue weighted by atomic mass is 16.4. The number of amides is 4. The second kappa shape index (κ2) is 11.6. The van der Waals surface area contributed by atoms with Crippen molar-refractivity contribution in [3.63, 3.8) is 0 Å². The van der Waals surface area contributed by atoms with Gasteiger partial charge in [0.1, 0.15) is 12.1 Å². The highest BCUT2D eigenvalue weighted by Gasteiger charge is 2.27. The van der Waals surface area contributed by atoms with Crippen LogP contribution in [0.15, 0.2) is 42.5 Å². The Hall–Kier alpha value is -3.53. The minimum Gasteiger partial charge on any atom is -0.480 e. The number of hydrogen-bond acceptors (Lipinski definition) is 6. The average molecular weight is 430 g/mol. The number of nitrogens with zero attached hydrogens (tertiary/aromatic N) is 1. The molecule has 1 aromatic carbocycles. The smallest absolute Gasteiger partial charge is 0.326 e. The first-order valence-corrected chi connectivity index (χ1v) is 9.92. The van der Waals surface area contributed by atoms with E-state index >= 15 is 0 Å². The lowest BCUT2D eigenvalue weighted by Gasteiger charge is -2.22. The number of rotatable bonds is 12. The van der Waals surface area contributed by atoms with Crippen LogP contribution in [0.1, 0.15) is 24.8 Å². The molecule has 5 N–H and O–H groups in total. The second-order valence-electron chi connectivity index (χ2n) is 7.07. The third-order valence-electron chi connectivity index (χ3n) is 4.76. The van der Waals surface area contributed by atoms with E-state index in [-0.39, 0.29) is 25.9 Å². The van der Waals surface area contributed by atoms with Crippen LogP contribution in [0, 0.1) is 0 Å². The van der Waals surface area contributed by atoms with Gasteiger partial charge in [0.15, 0.2) is 0 Å². The highest BCUT2D eigenvalue weighted by molar-refractivity contribution is 6.12. The summed E-state index contributed by atoms with van der Waals surface area (Å²) >= 11 is 0. The molecule has 1 aliphatic rings. The number of aliphatic carboxylic acids is 1. The number of carboxylic acids is 1. The molecule has 166 valence electrons. The molecule has 10 heteroatoms. The molecule has 0 saturated heterocycles. The zero-order valence-corrected chi connectivity index (χ0v) is 17.0. The Morgan fingerprint density at radius 2 is 1.61 bits per heavy atom. The van der Waals surface area contributed by atoms with Gasteiger partial charge in [-0.2, -0.15) is 0 Å². The van der Waals surface area contributed by atoms with Gasteiger partial charge in [-0.3, -0.25) is 24.1 Å². The standard InChI is InChI=1S/C21H26N4O6/c22-13-17(26)23-16(12-14-6-2-1-3-7-14)20(29)24-15(21(30)31)8-4-5-11-25-18(27)9-10-19(25)28/h1-3,6-7,9-10,15-16H,4-5,8,11-13,22H2,(H,23,26)(H,24,29)(H,30,31). The minimum atomic E-state index is -1.22. The SMILES string of the molecule is NCC(=O)NC(Cc1ccccc1)C(=O)NC(CCCCN1C(=O)C=CC1=O)C(=O)O. The lowest BCUT2D eigenvalue weighted by atomic mass is 10.0. The molecule has 2 rings (SSSR count). The van der Waals surface area contributed by atoms with Crippen LogP contribution in [0.5, 0.6) is 0 Å². The van der Waals surface area contributed by atoms with Crippen molar-refractivity contribution >= 4 is 29.6 Å². The molecule has 2 atom stereocenters. The summed E-state index contributed by atoms with van der Waals surface area (Å²) in [5.74, 6) is -3.17. The van der Waals surface area contributed by atoms with Crippen molar-refractivity contribution in [3.8, 4) is 0 Å². The summed E-state index contributed by atoms with van der Waals surface area (Å²) in [7, 11) is 0. The van der Waals surface area contributed by atoms with E-state index in [0.717, 1.165) is 10.5 Å². The molecule has 0 radical (unpaired) electrons. The largest absolute Gasteiger partial charge is 0.480 e. The quantitative estimate of drug-likeness (QED) is 0.253. The molecular formula is C21H26N4O6. The molecular weight excluding hydrogens is 404 g/mol. The van der Waals surface area contributed by atoms with E-state index in [1.807, 2.05) is 6.07 Å². The van der Waals surface area contributed by atoms with Crippen LogP contribution >= 0.6 is 0 Å². The lowest BCUT2D eigenvalue weighted by molar-refractivity contribution is -0.142. The maximum Gasteiger partial charge on any atom is 0.326 e. The summed E-state index contributed by atoms with van der Waals surface area (Å²) in [5, 5.41) is 14.4. The second-order valence-corrected chi connectivity index (χ2v) is 7.07. The van der Waals surface area contributed by atoms with Gasteiger partial charge < -0.3 is 21.5 Å². The molecule has 31 heavy (non-hydrogen) atoms. The van der Waals surface area contributed by atoms with Crippen LogP contribution in [-0.2, 0) is 30.4 Å². The topological polar surface area (TPSA) is 159 Å². The lowest BCUT2D eigenvalue weighted by Crippen LogP contribution is -2.53. The summed E-state index contributed by atoms with van der Waals surface area (Å²) in [4.78, 5) is 60.2. The van der Waals surface area contributed by atoms with Crippen molar-refractivity contribution in [2.75, 3.05) is 13.1 Å². The van der Waals surface area contributed by atoms with E-state index < -0.39 is 41.7 Å². The third-order valence-corrected chi connectivity index (χ3v) is 4.76. The number of benzene rings is 1. The highest BCUT2D eigenvalue weighted by Crippen LogP contribution is 2.09. The van der Waals surface area contributed by atoms with E-state index in [1.165, 1.54) is 12.2 Å². The number of hydrogen-bond donors (Lipinski definition) is 4. The van der Waals surface area contributed by atoms with Crippen molar-refractivity contribution in [2.45, 2.75) is 37.8 Å². The molecule has 0 fully saturated rings. The Labute approximate surface area is 179 Å². The molecule has 0 spiro atoms. The minimum absolute atomic E-state index is 0.105. The molecule has 1 aliphatic heterocycles. The maximum absolute atomic E-state index is 12.7. The van der Waals surface area contributed by atoms with Gasteiger partial charge in [-0.15, -0.1) is 0 Å². The van der Waals surface area contributed by atoms with E-state index in [4.69, 9.17) is 5.73 Å². The van der Waals surface area contributed by atoms with Gasteiger partial charge in [-0.05, 0) is 24.8 Å². The first kappa shape index (κ1) is 23.7. The first-order valence-electron chi connectivity index (χ1n) is 9.92. The Morgan fingerprint density at radius 1 is 0.968 bits per heavy atom. The molecule has 4 amide bonds. The van der Waals surface area contributed by atoms with Crippen LogP contribution in [0.25, 0.3) is 0 Å². The third kappa shape index (κ3) is 7.34. The van der Waals surface area contributed by atoms with Crippen molar-refractivity contribution in [3.05, 3.63) is 48.0 Å². The number of nitrogens with two attached hydrogens (primary N) is 1. The molecule has 2 unspecified atom stereocenters. The van der Waals surface area contributed by atoms with Gasteiger partial charge in [0.2, 0.25) is 11.8 Å². The summed E-state index contributed by atoms with van der Waals surface area (Å²) in [6.07, 6.45) is 3.42. The average Bonchev–Trinajstić information content (AvgIpc) is 3.07. The molecule has 0 saturated carbocycles. The zero-order valence-electron chi connectivity index (χ0n) is 17.0. The Bertz CT molecular complexity index is 837. The van der Waals surface area contributed by atoms with E-state index in [2.05, 4.69) is 10.6 Å². The predicted octanol–water partition coefficient (Wildman–Crippen LogP) is -0.663. The van der Waals surface area contributed by atoms with Gasteiger partial charge in [-0.1, -0.05) is 30.3 Å². The Balaban J connectivity index is 1.92. The summed E-state index contributed by atoms with van der Waals surface area (Å²) in [6, 6.07) is 6.83. The number of unbranched alkanes of at least 4 members (excludes halogenated alkanes) is 1. The summed E-state index contributed by atoms with van der Waals surface area (Å²) in [5.41, 5.74) is 6.11. The van der Waals surface area contributed by atoms with Crippen LogP contribution < -0.4 is 16.4 Å². The van der Waals surface area contributed by atoms with Crippen molar-refractivity contribution in [1.82, 2.24) is 15.5 Å². The van der Waals surface area contributed by atoms with E-state index in [0.29, 0.717) is 12.8 Å². The molecule has 1 heterocycles. The molecule has 1 aromatic rings. The van der Waals surface area contributed by atoms with Gasteiger partial charge in [0.05, 0.1) is 6.54 Å². The molecule has 0 bridgehead atoms. The summed E-state index contributed by atoms with van der Waals surface area (Å²) < 4.78 is 0. The van der Waals surface area contributed by atoms with Gasteiger partial charge in [-0.25, -0.2) is 4.79 Å². The van der Waals surface area contributed by atoms with Crippen molar-refractivity contribution < 1.29 is 29.1 Å². The van der Waals surface area contributed by atoms with Crippen molar-refractivity contribution in [2.24, 2.45) is 5.73 Å². The fraction of sp³-hybridized carbons (Fsp3) is 0.381. The number of carboxylic acid groups (broad SMARTS) is 1. The predicted molar refractivity (Wildman–Crippen MR) is 110 cm³/mol. The van der Waals surface area contributed by atoms with Gasteiger partial charge in [0, 0.05) is 25.1 Å². The normalized spacial score (nSPS) is 14.9. The van der Waals surface area contributed by atoms with Crippen LogP contribution in [0.2, 0.25) is 0 Å². The Morgan fingerprint density at radius 3 is 2.19 bits per heavy atom. The van der Waals surface area contributed by atoms with Crippen molar-refractivity contribution in [1.29, 1.82) is 0 Å². The number of nitrogens with one attached hydrogen (secondary N) is 2. The first-order chi connectivity index (χ1) is 14.8. The monoisotopic (exact) mass is 430 g/mol. The van der Waals surface area contributed by atoms with Crippen LogP contribution in [0.3, 0.4) is 0 Å². The number of carbonyl (C=O) groups is 5. The molecule has 0 aliphatic carbocycles.